The number of hydrogen-bond donors (Lipinski definition) is 2. The molecular weight excluding hydrogens is 502 g/mol. The number of fused-ring (bicyclic) bond motifs is 1. The lowest BCUT2D eigenvalue weighted by Gasteiger charge is -2.28. The summed E-state index contributed by atoms with van der Waals surface area (Å²) in [7, 11) is -3.93. The standard InChI is InChI=1S/C25H22ClN5O4S/c26-19-2-4-21(5-3-19)36(33,34)30-20-12-17(11-18(13-20)24(27)32)16-1-6-23-22(14-16)25(29-15-28-23)31-7-9-35-10-8-31/h1-6,11-15,30H,7-10H2,(H2,27,32). The molecule has 9 nitrogen and oxygen atoms in total. The summed E-state index contributed by atoms with van der Waals surface area (Å²) in [5.41, 5.74) is 8.06. The van der Waals surface area contributed by atoms with Crippen LogP contribution in [-0.4, -0.2) is 50.6 Å². The minimum Gasteiger partial charge on any atom is -0.378 e. The fourth-order valence-electron chi connectivity index (χ4n) is 4.07. The first kappa shape index (κ1) is 24.0. The third kappa shape index (κ3) is 4.97. The number of nitrogens with zero attached hydrogens (tertiary/aromatic N) is 3. The number of aromatic nitrogens is 2. The molecule has 36 heavy (non-hydrogen) atoms. The van der Waals surface area contributed by atoms with E-state index in [4.69, 9.17) is 22.1 Å². The van der Waals surface area contributed by atoms with Crippen molar-refractivity contribution in [3.8, 4) is 11.1 Å². The van der Waals surface area contributed by atoms with Crippen LogP contribution in [0.1, 0.15) is 10.4 Å². The van der Waals surface area contributed by atoms with Gasteiger partial charge in [-0.3, -0.25) is 9.52 Å². The number of morpholine rings is 1. The first-order chi connectivity index (χ1) is 17.3. The van der Waals surface area contributed by atoms with Gasteiger partial charge in [-0.15, -0.1) is 0 Å². The number of nitrogens with one attached hydrogen (secondary N) is 1. The Kier molecular flexibility index (Phi) is 6.48. The van der Waals surface area contributed by atoms with Gasteiger partial charge in [0.05, 0.1) is 29.3 Å². The van der Waals surface area contributed by atoms with Crippen molar-refractivity contribution in [1.29, 1.82) is 0 Å². The van der Waals surface area contributed by atoms with Gasteiger partial charge in [0.15, 0.2) is 0 Å². The van der Waals surface area contributed by atoms with Crippen LogP contribution in [0, 0.1) is 0 Å². The lowest BCUT2D eigenvalue weighted by Crippen LogP contribution is -2.36. The average molecular weight is 524 g/mol. The molecule has 1 saturated heterocycles. The maximum atomic E-state index is 12.9. The van der Waals surface area contributed by atoms with Gasteiger partial charge in [-0.2, -0.15) is 0 Å². The molecule has 184 valence electrons. The fraction of sp³-hybridized carbons (Fsp3) is 0.160. The highest BCUT2D eigenvalue weighted by atomic mass is 35.5. The predicted molar refractivity (Wildman–Crippen MR) is 139 cm³/mol. The van der Waals surface area contributed by atoms with Crippen molar-refractivity contribution in [2.45, 2.75) is 4.90 Å². The number of benzene rings is 3. The molecule has 0 bridgehead atoms. The van der Waals surface area contributed by atoms with E-state index in [0.29, 0.717) is 36.9 Å². The van der Waals surface area contributed by atoms with E-state index < -0.39 is 15.9 Å². The number of nitrogens with two attached hydrogens (primary N) is 1. The second-order valence-corrected chi connectivity index (χ2v) is 10.4. The average Bonchev–Trinajstić information content (AvgIpc) is 2.88. The predicted octanol–water partition coefficient (Wildman–Crippen LogP) is 3.69. The highest BCUT2D eigenvalue weighted by Gasteiger charge is 2.18. The van der Waals surface area contributed by atoms with Crippen LogP contribution < -0.4 is 15.4 Å². The molecule has 0 aliphatic carbocycles. The normalized spacial score (nSPS) is 14.1. The van der Waals surface area contributed by atoms with Gasteiger partial charge in [-0.05, 0) is 65.7 Å². The molecule has 1 fully saturated rings. The quantitative estimate of drug-likeness (QED) is 0.394. The molecule has 1 aliphatic rings. The minimum absolute atomic E-state index is 0.0379. The Labute approximate surface area is 212 Å². The number of hydrogen-bond acceptors (Lipinski definition) is 7. The Hall–Kier alpha value is -3.73. The number of carbonyl (C=O) groups is 1. The van der Waals surface area contributed by atoms with Crippen molar-refractivity contribution in [1.82, 2.24) is 9.97 Å². The zero-order valence-electron chi connectivity index (χ0n) is 19.0. The molecule has 3 N–H and O–H groups in total. The van der Waals surface area contributed by atoms with Crippen molar-refractivity contribution in [2.75, 3.05) is 35.9 Å². The monoisotopic (exact) mass is 523 g/mol. The summed E-state index contributed by atoms with van der Waals surface area (Å²) in [5.74, 6) is 0.113. The van der Waals surface area contributed by atoms with Gasteiger partial charge in [0.25, 0.3) is 10.0 Å². The number of ether oxygens (including phenoxy) is 1. The van der Waals surface area contributed by atoms with E-state index in [2.05, 4.69) is 19.6 Å². The van der Waals surface area contributed by atoms with Gasteiger partial charge in [0, 0.05) is 29.1 Å². The lowest BCUT2D eigenvalue weighted by atomic mass is 10.00. The van der Waals surface area contributed by atoms with Gasteiger partial charge < -0.3 is 15.4 Å². The summed E-state index contributed by atoms with van der Waals surface area (Å²) in [6.45, 7) is 2.65. The zero-order valence-corrected chi connectivity index (χ0v) is 20.6. The highest BCUT2D eigenvalue weighted by Crippen LogP contribution is 2.32. The molecule has 1 amide bonds. The maximum absolute atomic E-state index is 12.9. The Morgan fingerprint density at radius 3 is 2.44 bits per heavy atom. The Balaban J connectivity index is 1.57. The molecule has 1 aromatic heterocycles. The van der Waals surface area contributed by atoms with E-state index in [1.54, 1.807) is 12.1 Å². The van der Waals surface area contributed by atoms with Gasteiger partial charge >= 0.3 is 0 Å². The van der Waals surface area contributed by atoms with Crippen molar-refractivity contribution in [2.24, 2.45) is 5.73 Å². The van der Waals surface area contributed by atoms with E-state index in [9.17, 15) is 13.2 Å². The summed E-state index contributed by atoms with van der Waals surface area (Å²) in [5, 5.41) is 1.26. The maximum Gasteiger partial charge on any atom is 0.261 e. The highest BCUT2D eigenvalue weighted by molar-refractivity contribution is 7.92. The summed E-state index contributed by atoms with van der Waals surface area (Å²) in [6.07, 6.45) is 1.53. The SMILES string of the molecule is NC(=O)c1cc(NS(=O)(=O)c2ccc(Cl)cc2)cc(-c2ccc3ncnc(N4CCOCC4)c3c2)c1. The number of halogens is 1. The first-order valence-corrected chi connectivity index (χ1v) is 13.0. The lowest BCUT2D eigenvalue weighted by molar-refractivity contribution is 0.100. The summed E-state index contributed by atoms with van der Waals surface area (Å²) in [6, 6.07) is 16.1. The second kappa shape index (κ2) is 9.73. The molecule has 0 unspecified atom stereocenters. The number of rotatable bonds is 6. The number of primary amides is 1. The Bertz CT molecular complexity index is 1560. The molecule has 0 atom stereocenters. The molecule has 4 aromatic rings. The van der Waals surface area contributed by atoms with E-state index in [0.717, 1.165) is 22.3 Å². The minimum atomic E-state index is -3.93. The van der Waals surface area contributed by atoms with Crippen molar-refractivity contribution in [3.63, 3.8) is 0 Å². The smallest absolute Gasteiger partial charge is 0.261 e. The van der Waals surface area contributed by atoms with E-state index in [1.165, 1.54) is 36.7 Å². The van der Waals surface area contributed by atoms with Crippen molar-refractivity contribution < 1.29 is 17.9 Å². The first-order valence-electron chi connectivity index (χ1n) is 11.1. The van der Waals surface area contributed by atoms with Crippen LogP contribution in [0.25, 0.3) is 22.0 Å². The van der Waals surface area contributed by atoms with Crippen LogP contribution in [0.4, 0.5) is 11.5 Å². The van der Waals surface area contributed by atoms with Crippen molar-refractivity contribution in [3.05, 3.63) is 77.6 Å². The summed E-state index contributed by atoms with van der Waals surface area (Å²) < 4.78 is 33.9. The molecule has 0 saturated carbocycles. The third-order valence-electron chi connectivity index (χ3n) is 5.85. The summed E-state index contributed by atoms with van der Waals surface area (Å²) >= 11 is 5.88. The number of amides is 1. The van der Waals surface area contributed by atoms with E-state index in [1.807, 2.05) is 18.2 Å². The van der Waals surface area contributed by atoms with Gasteiger partial charge in [-0.25, -0.2) is 18.4 Å². The summed E-state index contributed by atoms with van der Waals surface area (Å²) in [4.78, 5) is 23.1. The van der Waals surface area contributed by atoms with Crippen LogP contribution in [0.5, 0.6) is 0 Å². The Morgan fingerprint density at radius 1 is 0.972 bits per heavy atom. The van der Waals surface area contributed by atoms with Crippen molar-refractivity contribution >= 4 is 49.9 Å². The third-order valence-corrected chi connectivity index (χ3v) is 7.50. The fourth-order valence-corrected chi connectivity index (χ4v) is 5.24. The van der Waals surface area contributed by atoms with Crippen LogP contribution in [0.2, 0.25) is 5.02 Å². The number of sulfonamides is 1. The van der Waals surface area contributed by atoms with Gasteiger partial charge in [0.1, 0.15) is 12.1 Å². The number of anilines is 2. The molecule has 5 rings (SSSR count). The second-order valence-electron chi connectivity index (χ2n) is 8.25. The van der Waals surface area contributed by atoms with Crippen LogP contribution in [0.15, 0.2) is 71.9 Å². The van der Waals surface area contributed by atoms with Crippen LogP contribution in [0.3, 0.4) is 0 Å². The molecular formula is C25H22ClN5O4S. The molecule has 2 heterocycles. The zero-order chi connectivity index (χ0) is 25.3. The molecule has 11 heteroatoms. The largest absolute Gasteiger partial charge is 0.378 e. The number of carbonyl (C=O) groups excluding carboxylic acids is 1. The van der Waals surface area contributed by atoms with E-state index >= 15 is 0 Å². The van der Waals surface area contributed by atoms with E-state index in [-0.39, 0.29) is 16.1 Å². The topological polar surface area (TPSA) is 128 Å². The molecule has 0 spiro atoms. The van der Waals surface area contributed by atoms with Gasteiger partial charge in [-0.1, -0.05) is 17.7 Å². The molecule has 0 radical (unpaired) electrons. The van der Waals surface area contributed by atoms with Crippen LogP contribution in [-0.2, 0) is 14.8 Å². The Morgan fingerprint density at radius 2 is 1.72 bits per heavy atom. The molecule has 1 aliphatic heterocycles. The van der Waals surface area contributed by atoms with Gasteiger partial charge in [0.2, 0.25) is 5.91 Å². The molecule has 3 aromatic carbocycles. The van der Waals surface area contributed by atoms with Crippen LogP contribution >= 0.6 is 11.6 Å².